The number of nitrogens with two attached hydrogens (primary N) is 1. The molecule has 0 amide bonds. The Morgan fingerprint density at radius 3 is 2.87 bits per heavy atom. The Morgan fingerprint density at radius 1 is 1.15 bits per heavy atom. The van der Waals surface area contributed by atoms with Crippen molar-refractivity contribution in [3.63, 3.8) is 0 Å². The zero-order valence-corrected chi connectivity index (χ0v) is 27.0. The number of thiophene rings is 1. The summed E-state index contributed by atoms with van der Waals surface area (Å²) in [5.74, 6) is -0.736. The third-order valence-electron chi connectivity index (χ3n) is 10.1. The van der Waals surface area contributed by atoms with Crippen molar-refractivity contribution in [3.05, 3.63) is 34.4 Å². The highest BCUT2D eigenvalue weighted by molar-refractivity contribution is 7.23. The van der Waals surface area contributed by atoms with Crippen LogP contribution in [0.25, 0.3) is 32.1 Å². The molecule has 4 aliphatic rings. The van der Waals surface area contributed by atoms with E-state index in [1.54, 1.807) is 0 Å². The molecule has 8 rings (SSSR count). The summed E-state index contributed by atoms with van der Waals surface area (Å²) in [5.41, 5.74) is 5.71. The van der Waals surface area contributed by atoms with Gasteiger partial charge in [-0.25, -0.2) is 13.2 Å². The Bertz CT molecular complexity index is 1950. The summed E-state index contributed by atoms with van der Waals surface area (Å²) in [7, 11) is 0. The molecule has 0 aliphatic carbocycles. The van der Waals surface area contributed by atoms with Crippen LogP contribution in [-0.2, 0) is 4.74 Å². The maximum atomic E-state index is 17.2. The normalized spacial score (nSPS) is 24.6. The average molecular weight is 685 g/mol. The number of aromatic nitrogens is 2. The lowest BCUT2D eigenvalue weighted by Gasteiger charge is -2.32. The van der Waals surface area contributed by atoms with Crippen LogP contribution in [0, 0.1) is 23.0 Å². The monoisotopic (exact) mass is 684 g/mol. The molecule has 3 atom stereocenters. The number of rotatable bonds is 5. The van der Waals surface area contributed by atoms with Gasteiger partial charge in [-0.2, -0.15) is 15.2 Å². The van der Waals surface area contributed by atoms with Gasteiger partial charge in [-0.05, 0) is 50.3 Å². The number of anilines is 2. The lowest BCUT2D eigenvalue weighted by molar-refractivity contribution is 0.107. The Labute approximate surface area is 278 Å². The minimum atomic E-state index is -0.937. The first-order chi connectivity index (χ1) is 22.8. The maximum absolute atomic E-state index is 17.2. The van der Waals surface area contributed by atoms with Crippen LogP contribution in [-0.4, -0.2) is 78.7 Å². The van der Waals surface area contributed by atoms with E-state index in [0.717, 1.165) is 50.0 Å². The zero-order valence-electron chi connectivity index (χ0n) is 25.5. The third-order valence-corrected chi connectivity index (χ3v) is 11.5. The van der Waals surface area contributed by atoms with Gasteiger partial charge in [0.15, 0.2) is 11.6 Å². The SMILES string of the molecule is N#Cc1c(N)sc2c(F)ccc(-c3c(Cl)c4c5c(nc(OCC67CCCN6C[C@H](F)C7)nc5c3F)N(C3CCCOCC3)CCO4)c12. The van der Waals surface area contributed by atoms with E-state index in [0.29, 0.717) is 43.9 Å². The number of halogens is 4. The molecule has 14 heteroatoms. The van der Waals surface area contributed by atoms with Crippen molar-refractivity contribution in [2.24, 2.45) is 0 Å². The largest absolute Gasteiger partial charge is 0.489 e. The van der Waals surface area contributed by atoms with Gasteiger partial charge < -0.3 is 24.8 Å². The van der Waals surface area contributed by atoms with Gasteiger partial charge in [0.25, 0.3) is 0 Å². The van der Waals surface area contributed by atoms with Crippen LogP contribution in [0.3, 0.4) is 0 Å². The molecule has 3 saturated heterocycles. The molecule has 47 heavy (non-hydrogen) atoms. The predicted molar refractivity (Wildman–Crippen MR) is 174 cm³/mol. The topological polar surface area (TPSA) is 110 Å². The van der Waals surface area contributed by atoms with Gasteiger partial charge in [0.05, 0.1) is 32.8 Å². The molecular weight excluding hydrogens is 653 g/mol. The summed E-state index contributed by atoms with van der Waals surface area (Å²) < 4.78 is 65.1. The summed E-state index contributed by atoms with van der Waals surface area (Å²) in [6.07, 6.45) is 3.59. The van der Waals surface area contributed by atoms with Gasteiger partial charge in [0.1, 0.15) is 47.6 Å². The highest BCUT2D eigenvalue weighted by Gasteiger charge is 2.49. The molecule has 0 spiro atoms. The first-order valence-electron chi connectivity index (χ1n) is 15.9. The number of nitriles is 1. The van der Waals surface area contributed by atoms with Gasteiger partial charge in [-0.15, -0.1) is 11.3 Å². The molecule has 9 nitrogen and oxygen atoms in total. The van der Waals surface area contributed by atoms with Gasteiger partial charge in [0, 0.05) is 43.2 Å². The number of hydrogen-bond donors (Lipinski definition) is 1. The molecule has 0 bridgehead atoms. The van der Waals surface area contributed by atoms with Crippen molar-refractivity contribution < 1.29 is 27.4 Å². The smallest absolute Gasteiger partial charge is 0.319 e. The van der Waals surface area contributed by atoms with Crippen molar-refractivity contribution in [2.75, 3.05) is 56.7 Å². The fourth-order valence-corrected chi connectivity index (χ4v) is 9.22. The Kier molecular flexibility index (Phi) is 7.74. The molecule has 246 valence electrons. The van der Waals surface area contributed by atoms with Crippen LogP contribution in [0.1, 0.15) is 44.1 Å². The molecule has 0 radical (unpaired) electrons. The van der Waals surface area contributed by atoms with E-state index in [-0.39, 0.29) is 73.3 Å². The molecular formula is C33H32ClF3N6O3S. The molecule has 3 fully saturated rings. The highest BCUT2D eigenvalue weighted by Crippen LogP contribution is 2.51. The van der Waals surface area contributed by atoms with Crippen molar-refractivity contribution in [3.8, 4) is 29.0 Å². The minimum absolute atomic E-state index is 0.0346. The Balaban J connectivity index is 1.34. The first kappa shape index (κ1) is 30.7. The molecule has 6 heterocycles. The first-order valence-corrected chi connectivity index (χ1v) is 17.1. The Morgan fingerprint density at radius 2 is 2.02 bits per heavy atom. The van der Waals surface area contributed by atoms with Gasteiger partial charge in [0.2, 0.25) is 0 Å². The van der Waals surface area contributed by atoms with Crippen LogP contribution >= 0.6 is 22.9 Å². The van der Waals surface area contributed by atoms with E-state index in [2.05, 4.69) is 14.8 Å². The zero-order chi connectivity index (χ0) is 32.4. The number of hydrogen-bond acceptors (Lipinski definition) is 10. The lowest BCUT2D eigenvalue weighted by atomic mass is 9.95. The predicted octanol–water partition coefficient (Wildman–Crippen LogP) is 6.62. The van der Waals surface area contributed by atoms with Crippen molar-refractivity contribution in [1.29, 1.82) is 5.26 Å². The lowest BCUT2D eigenvalue weighted by Crippen LogP contribution is -2.43. The second-order valence-corrected chi connectivity index (χ2v) is 14.2. The molecule has 2 unspecified atom stereocenters. The minimum Gasteiger partial charge on any atom is -0.489 e. The number of nitrogen functional groups attached to an aromatic ring is 1. The highest BCUT2D eigenvalue weighted by atomic mass is 35.5. The second kappa shape index (κ2) is 11.8. The number of nitrogens with zero attached hydrogens (tertiary/aromatic N) is 5. The fourth-order valence-electron chi connectivity index (χ4n) is 7.94. The number of benzene rings is 2. The van der Waals surface area contributed by atoms with Crippen molar-refractivity contribution in [1.82, 2.24) is 14.9 Å². The van der Waals surface area contributed by atoms with Crippen LogP contribution in [0.2, 0.25) is 5.02 Å². The van der Waals surface area contributed by atoms with Crippen molar-refractivity contribution in [2.45, 2.75) is 56.3 Å². The van der Waals surface area contributed by atoms with Gasteiger partial charge in [-0.1, -0.05) is 17.7 Å². The van der Waals surface area contributed by atoms with Gasteiger partial charge in [-0.3, -0.25) is 4.90 Å². The maximum Gasteiger partial charge on any atom is 0.319 e. The van der Waals surface area contributed by atoms with Crippen LogP contribution in [0.15, 0.2) is 12.1 Å². The van der Waals surface area contributed by atoms with E-state index in [1.807, 2.05) is 6.07 Å². The number of alkyl halides is 1. The molecule has 2 aromatic carbocycles. The molecule has 2 N–H and O–H groups in total. The summed E-state index contributed by atoms with van der Waals surface area (Å²) in [6.45, 7) is 3.24. The van der Waals surface area contributed by atoms with Crippen LogP contribution in [0.5, 0.6) is 11.8 Å². The van der Waals surface area contributed by atoms with Gasteiger partial charge >= 0.3 is 6.01 Å². The fraction of sp³-hybridized carbons (Fsp3) is 0.485. The van der Waals surface area contributed by atoms with E-state index in [4.69, 9.17) is 36.5 Å². The standard InChI is InChI=1S/C33H32ClF3N6O3S/c34-25-23(19-4-5-21(36)29-22(19)20(14-38)30(39)47-29)26(37)27-24-28(25)45-12-9-43(18-3-1-10-44-11-6-18)31(24)41-32(40-27)46-16-33-7-2-8-42(33)15-17(35)13-33/h4-5,17-18H,1-3,6-13,15-16,39H2/t17-,18?,33?/m1/s1. The van der Waals surface area contributed by atoms with Crippen LogP contribution in [0.4, 0.5) is 24.0 Å². The Hall–Kier alpha value is -3.57. The number of ether oxygens (including phenoxy) is 3. The number of fused-ring (bicyclic) bond motifs is 2. The van der Waals surface area contributed by atoms with E-state index >= 15 is 4.39 Å². The molecule has 4 aromatic rings. The van der Waals surface area contributed by atoms with E-state index in [1.165, 1.54) is 12.1 Å². The van der Waals surface area contributed by atoms with E-state index < -0.39 is 23.3 Å². The van der Waals surface area contributed by atoms with Crippen LogP contribution < -0.4 is 20.1 Å². The third kappa shape index (κ3) is 4.94. The second-order valence-electron chi connectivity index (χ2n) is 12.7. The molecule has 2 aromatic heterocycles. The summed E-state index contributed by atoms with van der Waals surface area (Å²) in [6, 6.07) is 4.64. The summed E-state index contributed by atoms with van der Waals surface area (Å²) in [4.78, 5) is 13.7. The van der Waals surface area contributed by atoms with Crippen molar-refractivity contribution >= 4 is 54.7 Å². The summed E-state index contributed by atoms with van der Waals surface area (Å²) >= 11 is 7.95. The molecule has 0 saturated carbocycles. The average Bonchev–Trinajstić information content (AvgIpc) is 3.54. The molecule has 4 aliphatic heterocycles. The summed E-state index contributed by atoms with van der Waals surface area (Å²) in [5, 5.41) is 10.5. The quantitative estimate of drug-likeness (QED) is 0.248. The van der Waals surface area contributed by atoms with E-state index in [9.17, 15) is 14.0 Å².